The fourth-order valence-corrected chi connectivity index (χ4v) is 3.37. The summed E-state index contributed by atoms with van der Waals surface area (Å²) >= 11 is 2.24. The first-order valence-electron chi connectivity index (χ1n) is 9.12. The van der Waals surface area contributed by atoms with Crippen molar-refractivity contribution in [1.29, 1.82) is 0 Å². The summed E-state index contributed by atoms with van der Waals surface area (Å²) in [5.74, 6) is -6.48. The minimum atomic E-state index is -1.25. The number of furan rings is 2. The molecular formula is C22H12O10S2Zn. The van der Waals surface area contributed by atoms with E-state index >= 15 is 0 Å². The Morgan fingerprint density at radius 2 is 1.00 bits per heavy atom. The van der Waals surface area contributed by atoms with Crippen molar-refractivity contribution in [3.8, 4) is 0 Å². The summed E-state index contributed by atoms with van der Waals surface area (Å²) in [6.07, 6.45) is 2.50. The third kappa shape index (κ3) is 7.61. The molecule has 10 nitrogen and oxygen atoms in total. The Morgan fingerprint density at radius 3 is 1.29 bits per heavy atom. The zero-order valence-corrected chi connectivity index (χ0v) is 22.1. The van der Waals surface area contributed by atoms with Crippen LogP contribution in [0.15, 0.2) is 80.7 Å². The number of hydrogen-bond donors (Lipinski definition) is 0. The molecule has 0 amide bonds. The van der Waals surface area contributed by atoms with Crippen LogP contribution in [0.25, 0.3) is 0 Å². The van der Waals surface area contributed by atoms with Crippen molar-refractivity contribution in [3.05, 3.63) is 93.1 Å². The van der Waals surface area contributed by atoms with Crippen LogP contribution in [0.5, 0.6) is 0 Å². The number of Topliss-reactive ketones (excluding diaryl/α,β-unsaturated/α-hetero) is 2. The molecule has 0 saturated heterocycles. The van der Waals surface area contributed by atoms with Gasteiger partial charge in [-0.15, -0.1) is 22.7 Å². The number of carbonyl (C=O) groups is 6. The summed E-state index contributed by atoms with van der Waals surface area (Å²) in [6.45, 7) is 0. The second kappa shape index (κ2) is 13.2. The first-order valence-corrected chi connectivity index (χ1v) is 10.9. The molecular weight excluding hydrogens is 554 g/mol. The first kappa shape index (κ1) is 27.4. The minimum Gasteiger partial charge on any atom is -0.461 e. The third-order valence-electron chi connectivity index (χ3n) is 3.68. The van der Waals surface area contributed by atoms with Gasteiger partial charge in [0.15, 0.2) is 11.5 Å². The summed E-state index contributed by atoms with van der Waals surface area (Å²) < 4.78 is 18.3. The molecule has 0 aromatic carbocycles. The van der Waals surface area contributed by atoms with Gasteiger partial charge >= 0.3 is 35.4 Å². The molecule has 0 fully saturated rings. The standard InChI is InChI=1S/2C11H6O5S.Zn/c2*12-9(7-3-1-5-15-7)11(14)16-10(13)8-4-2-6-17-8;/h2*1-6H;. The van der Waals surface area contributed by atoms with Gasteiger partial charge in [-0.25, -0.2) is 19.2 Å². The van der Waals surface area contributed by atoms with Gasteiger partial charge in [0.05, 0.1) is 12.5 Å². The normalized spacial score (nSPS) is 9.60. The SMILES string of the molecule is O=C(OC(=O)c1cccs1)C(=O)c1ccco1.O=C(OC(=O)c1cccs1)C(=O)c1ccco1.[Zn]. The number of carbonyl (C=O) groups excluding carboxylic acids is 6. The van der Waals surface area contributed by atoms with E-state index in [4.69, 9.17) is 8.83 Å². The van der Waals surface area contributed by atoms with Gasteiger partial charge in [0.2, 0.25) is 0 Å². The van der Waals surface area contributed by atoms with Gasteiger partial charge < -0.3 is 18.3 Å². The molecule has 0 atom stereocenters. The maximum atomic E-state index is 11.4. The molecule has 4 rings (SSSR count). The van der Waals surface area contributed by atoms with Crippen LogP contribution in [0.2, 0.25) is 0 Å². The maximum absolute atomic E-state index is 11.4. The van der Waals surface area contributed by atoms with Crippen LogP contribution in [-0.4, -0.2) is 35.4 Å². The van der Waals surface area contributed by atoms with Crippen LogP contribution >= 0.6 is 22.7 Å². The van der Waals surface area contributed by atoms with E-state index < -0.39 is 35.4 Å². The molecule has 0 saturated carbocycles. The molecule has 13 heteroatoms. The number of hydrogen-bond acceptors (Lipinski definition) is 12. The molecule has 4 aromatic heterocycles. The van der Waals surface area contributed by atoms with Gasteiger partial charge in [0.1, 0.15) is 9.75 Å². The van der Waals surface area contributed by atoms with Gasteiger partial charge in [-0.1, -0.05) is 12.1 Å². The van der Waals surface area contributed by atoms with Gasteiger partial charge in [-0.2, -0.15) is 0 Å². The van der Waals surface area contributed by atoms with Crippen molar-refractivity contribution >= 4 is 58.1 Å². The second-order valence-corrected chi connectivity index (χ2v) is 7.82. The predicted molar refractivity (Wildman–Crippen MR) is 116 cm³/mol. The number of ketones is 2. The van der Waals surface area contributed by atoms with Crippen LogP contribution < -0.4 is 0 Å². The Bertz CT molecular complexity index is 1190. The van der Waals surface area contributed by atoms with E-state index in [9.17, 15) is 28.8 Å². The Labute approximate surface area is 217 Å². The van der Waals surface area contributed by atoms with Gasteiger partial charge in [0.25, 0.3) is 0 Å². The summed E-state index contributed by atoms with van der Waals surface area (Å²) in [7, 11) is 0. The molecule has 4 heterocycles. The van der Waals surface area contributed by atoms with Crippen molar-refractivity contribution in [2.24, 2.45) is 0 Å². The Balaban J connectivity index is 0.000000240. The zero-order chi connectivity index (χ0) is 24.5. The Hall–Kier alpha value is -3.80. The van der Waals surface area contributed by atoms with Crippen LogP contribution in [0.3, 0.4) is 0 Å². The van der Waals surface area contributed by atoms with E-state index in [1.165, 1.54) is 48.9 Å². The molecule has 0 radical (unpaired) electrons. The van der Waals surface area contributed by atoms with E-state index in [1.54, 1.807) is 22.9 Å². The molecule has 35 heavy (non-hydrogen) atoms. The number of thiophene rings is 2. The molecule has 0 unspecified atom stereocenters. The smallest absolute Gasteiger partial charge is 0.390 e. The van der Waals surface area contributed by atoms with Crippen LogP contribution in [0.1, 0.15) is 40.5 Å². The molecule has 0 spiro atoms. The maximum Gasteiger partial charge on any atom is 0.390 e. The number of esters is 4. The van der Waals surface area contributed by atoms with Crippen molar-refractivity contribution < 1.29 is 66.6 Å². The Kier molecular flexibility index (Phi) is 10.3. The molecule has 174 valence electrons. The van der Waals surface area contributed by atoms with E-state index in [0.717, 1.165) is 22.7 Å². The van der Waals surface area contributed by atoms with E-state index in [-0.39, 0.29) is 40.8 Å². The molecule has 4 aromatic rings. The zero-order valence-electron chi connectivity index (χ0n) is 17.5. The average molecular weight is 566 g/mol. The van der Waals surface area contributed by atoms with Crippen LogP contribution in [-0.2, 0) is 38.5 Å². The Morgan fingerprint density at radius 1 is 0.600 bits per heavy atom. The van der Waals surface area contributed by atoms with Gasteiger partial charge in [-0.3, -0.25) is 9.59 Å². The van der Waals surface area contributed by atoms with E-state index in [0.29, 0.717) is 0 Å². The van der Waals surface area contributed by atoms with Crippen molar-refractivity contribution in [2.75, 3.05) is 0 Å². The van der Waals surface area contributed by atoms with E-state index in [1.807, 2.05) is 0 Å². The third-order valence-corrected chi connectivity index (χ3v) is 5.38. The molecule has 0 aliphatic rings. The quantitative estimate of drug-likeness (QED) is 0.111. The summed E-state index contributed by atoms with van der Waals surface area (Å²) in [5.41, 5.74) is 0. The van der Waals surface area contributed by atoms with Crippen molar-refractivity contribution in [1.82, 2.24) is 0 Å². The van der Waals surface area contributed by atoms with Crippen molar-refractivity contribution in [3.63, 3.8) is 0 Å². The monoisotopic (exact) mass is 564 g/mol. The van der Waals surface area contributed by atoms with Gasteiger partial charge in [0, 0.05) is 19.5 Å². The first-order chi connectivity index (χ1) is 16.4. The topological polar surface area (TPSA) is 147 Å². The largest absolute Gasteiger partial charge is 0.461 e. The number of rotatable bonds is 6. The van der Waals surface area contributed by atoms with Gasteiger partial charge in [-0.05, 0) is 47.2 Å². The predicted octanol–water partition coefficient (Wildman–Crippen LogP) is 3.81. The molecule has 0 aliphatic heterocycles. The van der Waals surface area contributed by atoms with E-state index in [2.05, 4.69) is 9.47 Å². The molecule has 0 aliphatic carbocycles. The summed E-state index contributed by atoms with van der Waals surface area (Å²) in [5, 5.41) is 3.32. The second-order valence-electron chi connectivity index (χ2n) is 5.92. The average Bonchev–Trinajstić information content (AvgIpc) is 3.66. The van der Waals surface area contributed by atoms with Crippen LogP contribution in [0.4, 0.5) is 0 Å². The number of ether oxygens (including phenoxy) is 2. The molecule has 0 N–H and O–H groups in total. The minimum absolute atomic E-state index is 0. The summed E-state index contributed by atoms with van der Waals surface area (Å²) in [4.78, 5) is 68.6. The fourth-order valence-electron chi connectivity index (χ4n) is 2.17. The molecule has 0 bridgehead atoms. The summed E-state index contributed by atoms with van der Waals surface area (Å²) in [6, 6.07) is 11.8. The fraction of sp³-hybridized carbons (Fsp3) is 0. The van der Waals surface area contributed by atoms with Crippen LogP contribution in [0, 0.1) is 0 Å². The van der Waals surface area contributed by atoms with Crippen molar-refractivity contribution in [2.45, 2.75) is 0 Å².